The summed E-state index contributed by atoms with van der Waals surface area (Å²) in [4.78, 5) is 0. The summed E-state index contributed by atoms with van der Waals surface area (Å²) in [6, 6.07) is 0. The van der Waals surface area contributed by atoms with Crippen molar-refractivity contribution in [1.29, 1.82) is 0 Å². The van der Waals surface area contributed by atoms with Gasteiger partial charge in [0.05, 0.1) is 6.10 Å². The Morgan fingerprint density at radius 2 is 2.25 bits per heavy atom. The molecular formula is C11H20O. The van der Waals surface area contributed by atoms with E-state index in [1.54, 1.807) is 0 Å². The van der Waals surface area contributed by atoms with Gasteiger partial charge in [0.2, 0.25) is 0 Å². The van der Waals surface area contributed by atoms with Crippen LogP contribution in [0.15, 0.2) is 11.6 Å². The predicted molar refractivity (Wildman–Crippen MR) is 52.3 cm³/mol. The van der Waals surface area contributed by atoms with Crippen LogP contribution in [-0.2, 0) is 4.74 Å². The molecule has 1 nitrogen and oxygen atoms in total. The van der Waals surface area contributed by atoms with Crippen molar-refractivity contribution in [2.75, 3.05) is 6.61 Å². The molecule has 1 heterocycles. The third-order valence-corrected chi connectivity index (χ3v) is 2.47. The fourth-order valence-electron chi connectivity index (χ4n) is 1.80. The van der Waals surface area contributed by atoms with E-state index in [0.717, 1.165) is 19.4 Å². The van der Waals surface area contributed by atoms with Gasteiger partial charge in [0.1, 0.15) is 0 Å². The lowest BCUT2D eigenvalue weighted by Crippen LogP contribution is -2.21. The third kappa shape index (κ3) is 2.63. The van der Waals surface area contributed by atoms with Gasteiger partial charge in [-0.05, 0) is 37.7 Å². The highest BCUT2D eigenvalue weighted by molar-refractivity contribution is 5.08. The highest BCUT2D eigenvalue weighted by Crippen LogP contribution is 2.21. The van der Waals surface area contributed by atoms with E-state index in [0.29, 0.717) is 6.10 Å². The predicted octanol–water partition coefficient (Wildman–Crippen LogP) is 3.30. The first-order valence-corrected chi connectivity index (χ1v) is 5.19. The summed E-state index contributed by atoms with van der Waals surface area (Å²) in [7, 11) is 0. The molecule has 12 heavy (non-hydrogen) atoms. The zero-order valence-electron chi connectivity index (χ0n) is 8.31. The van der Waals surface area contributed by atoms with E-state index in [4.69, 9.17) is 4.74 Å². The molecule has 0 saturated carbocycles. The van der Waals surface area contributed by atoms with Gasteiger partial charge < -0.3 is 4.74 Å². The molecule has 1 aliphatic rings. The maximum Gasteiger partial charge on any atom is 0.0784 e. The van der Waals surface area contributed by atoms with E-state index >= 15 is 0 Å². The Hall–Kier alpha value is -0.300. The smallest absolute Gasteiger partial charge is 0.0784 e. The number of hydrogen-bond donors (Lipinski definition) is 0. The van der Waals surface area contributed by atoms with Crippen molar-refractivity contribution < 1.29 is 4.74 Å². The minimum absolute atomic E-state index is 0.448. The van der Waals surface area contributed by atoms with E-state index in [1.165, 1.54) is 24.8 Å². The van der Waals surface area contributed by atoms with Crippen LogP contribution in [0.1, 0.15) is 46.0 Å². The van der Waals surface area contributed by atoms with Gasteiger partial charge in [-0.25, -0.2) is 0 Å². The monoisotopic (exact) mass is 168 g/mol. The minimum Gasteiger partial charge on any atom is -0.374 e. The third-order valence-electron chi connectivity index (χ3n) is 2.47. The zero-order valence-corrected chi connectivity index (χ0v) is 8.31. The van der Waals surface area contributed by atoms with E-state index < -0.39 is 0 Å². The number of rotatable bonds is 3. The van der Waals surface area contributed by atoms with Crippen LogP contribution in [-0.4, -0.2) is 12.7 Å². The molecule has 0 radical (unpaired) electrons. The lowest BCUT2D eigenvalue weighted by molar-refractivity contribution is 0.0375. The van der Waals surface area contributed by atoms with Gasteiger partial charge in [-0.2, -0.15) is 0 Å². The molecule has 0 amide bonds. The summed E-state index contributed by atoms with van der Waals surface area (Å²) in [5, 5.41) is 0. The van der Waals surface area contributed by atoms with Crippen molar-refractivity contribution in [2.24, 2.45) is 0 Å². The fourth-order valence-corrected chi connectivity index (χ4v) is 1.80. The molecule has 1 heteroatoms. The average molecular weight is 168 g/mol. The van der Waals surface area contributed by atoms with Gasteiger partial charge in [-0.15, -0.1) is 0 Å². The summed E-state index contributed by atoms with van der Waals surface area (Å²) in [6.45, 7) is 5.38. The van der Waals surface area contributed by atoms with Crippen LogP contribution in [0.3, 0.4) is 0 Å². The average Bonchev–Trinajstić information content (AvgIpc) is 2.15. The molecule has 0 N–H and O–H groups in total. The molecule has 0 aromatic heterocycles. The highest BCUT2D eigenvalue weighted by atomic mass is 16.5. The van der Waals surface area contributed by atoms with Crippen molar-refractivity contribution in [1.82, 2.24) is 0 Å². The normalized spacial score (nSPS) is 25.8. The van der Waals surface area contributed by atoms with Crippen LogP contribution in [0.2, 0.25) is 0 Å². The topological polar surface area (TPSA) is 9.23 Å². The van der Waals surface area contributed by atoms with E-state index in [9.17, 15) is 0 Å². The summed E-state index contributed by atoms with van der Waals surface area (Å²) in [6.07, 6.45) is 8.89. The molecule has 1 saturated heterocycles. The van der Waals surface area contributed by atoms with Crippen molar-refractivity contribution in [3.63, 3.8) is 0 Å². The summed E-state index contributed by atoms with van der Waals surface area (Å²) < 4.78 is 5.72. The Morgan fingerprint density at radius 3 is 2.75 bits per heavy atom. The van der Waals surface area contributed by atoms with Crippen LogP contribution >= 0.6 is 0 Å². The molecule has 0 aromatic rings. The Morgan fingerprint density at radius 1 is 1.42 bits per heavy atom. The Balaban J connectivity index is 2.46. The van der Waals surface area contributed by atoms with Crippen LogP contribution in [0, 0.1) is 0 Å². The molecule has 70 valence electrons. The number of ether oxygens (including phenoxy) is 1. The van der Waals surface area contributed by atoms with E-state index in [2.05, 4.69) is 19.9 Å². The molecule has 1 fully saturated rings. The van der Waals surface area contributed by atoms with Crippen molar-refractivity contribution in [3.05, 3.63) is 11.6 Å². The van der Waals surface area contributed by atoms with E-state index in [1.807, 2.05) is 0 Å². The Labute approximate surface area is 75.8 Å². The molecule has 1 unspecified atom stereocenters. The lowest BCUT2D eigenvalue weighted by Gasteiger charge is -2.24. The first-order chi connectivity index (χ1) is 5.88. The molecule has 1 rings (SSSR count). The second-order valence-electron chi connectivity index (χ2n) is 3.40. The van der Waals surface area contributed by atoms with Crippen LogP contribution in [0.25, 0.3) is 0 Å². The molecule has 1 atom stereocenters. The summed E-state index contributed by atoms with van der Waals surface area (Å²) >= 11 is 0. The van der Waals surface area contributed by atoms with Gasteiger partial charge in [-0.3, -0.25) is 0 Å². The Bertz CT molecular complexity index is 143. The van der Waals surface area contributed by atoms with Gasteiger partial charge in [0.25, 0.3) is 0 Å². The molecule has 0 spiro atoms. The van der Waals surface area contributed by atoms with Crippen molar-refractivity contribution >= 4 is 0 Å². The largest absolute Gasteiger partial charge is 0.374 e. The number of hydrogen-bond acceptors (Lipinski definition) is 1. The summed E-state index contributed by atoms with van der Waals surface area (Å²) in [5.74, 6) is 0. The highest BCUT2D eigenvalue weighted by Gasteiger charge is 2.16. The summed E-state index contributed by atoms with van der Waals surface area (Å²) in [5.41, 5.74) is 1.51. The van der Waals surface area contributed by atoms with E-state index in [-0.39, 0.29) is 0 Å². The van der Waals surface area contributed by atoms with Gasteiger partial charge >= 0.3 is 0 Å². The van der Waals surface area contributed by atoms with Crippen LogP contribution in [0.5, 0.6) is 0 Å². The van der Waals surface area contributed by atoms with Gasteiger partial charge in [0.15, 0.2) is 0 Å². The van der Waals surface area contributed by atoms with Gasteiger partial charge in [-0.1, -0.05) is 19.9 Å². The first-order valence-electron chi connectivity index (χ1n) is 5.19. The number of allylic oxidation sites excluding steroid dienone is 1. The first kappa shape index (κ1) is 9.79. The van der Waals surface area contributed by atoms with Crippen molar-refractivity contribution in [2.45, 2.75) is 52.1 Å². The zero-order chi connectivity index (χ0) is 8.81. The lowest BCUT2D eigenvalue weighted by atomic mass is 9.99. The fraction of sp³-hybridized carbons (Fsp3) is 0.818. The minimum atomic E-state index is 0.448. The Kier molecular flexibility index (Phi) is 4.37. The maximum absolute atomic E-state index is 5.72. The standard InChI is InChI=1S/C11H20O/c1-3-7-10(4-2)11-8-5-6-9-12-11/h7,11H,3-6,8-9H2,1-2H3/b10-7+. The van der Waals surface area contributed by atoms with Crippen LogP contribution in [0.4, 0.5) is 0 Å². The molecule has 0 aliphatic carbocycles. The maximum atomic E-state index is 5.72. The second kappa shape index (κ2) is 5.36. The molecule has 0 aromatic carbocycles. The van der Waals surface area contributed by atoms with Crippen molar-refractivity contribution in [3.8, 4) is 0 Å². The molecule has 0 bridgehead atoms. The molecular weight excluding hydrogens is 148 g/mol. The van der Waals surface area contributed by atoms with Crippen LogP contribution < -0.4 is 0 Å². The second-order valence-corrected chi connectivity index (χ2v) is 3.40. The SMILES string of the molecule is CC/C=C(\CC)C1CCCCO1. The van der Waals surface area contributed by atoms with Gasteiger partial charge in [0, 0.05) is 6.61 Å². The quantitative estimate of drug-likeness (QED) is 0.587. The molecule has 1 aliphatic heterocycles.